The molecular formula is C11H13BrFNO2. The lowest BCUT2D eigenvalue weighted by molar-refractivity contribution is 0.108. The topological polar surface area (TPSA) is 31.4 Å². The van der Waals surface area contributed by atoms with Crippen LogP contribution < -0.4 is 4.74 Å². The fraction of sp³-hybridized carbons (Fsp3) is 0.545. The maximum atomic E-state index is 14.5. The molecule has 16 heavy (non-hydrogen) atoms. The fourth-order valence-electron chi connectivity index (χ4n) is 1.75. The third-order valence-corrected chi connectivity index (χ3v) is 2.99. The van der Waals surface area contributed by atoms with Crippen LogP contribution in [0.2, 0.25) is 0 Å². The van der Waals surface area contributed by atoms with Crippen molar-refractivity contribution in [1.29, 1.82) is 0 Å². The molecule has 1 aliphatic rings. The Morgan fingerprint density at radius 1 is 1.69 bits per heavy atom. The predicted octanol–water partition coefficient (Wildman–Crippen LogP) is 2.83. The van der Waals surface area contributed by atoms with E-state index in [-0.39, 0.29) is 6.61 Å². The Morgan fingerprint density at radius 3 is 3.12 bits per heavy atom. The van der Waals surface area contributed by atoms with Crippen molar-refractivity contribution in [1.82, 2.24) is 4.98 Å². The summed E-state index contributed by atoms with van der Waals surface area (Å²) in [5.41, 5.74) is -0.998. The summed E-state index contributed by atoms with van der Waals surface area (Å²) in [6.45, 7) is 2.84. The highest BCUT2D eigenvalue weighted by Crippen LogP contribution is 2.39. The standard InChI is InChI=1S/C11H13BrFNO2/c1-2-16-10-9(5-8(12)6-14-10)11(13)3-4-15-7-11/h5-6H,2-4,7H2,1H3/t11-/m0/s1. The highest BCUT2D eigenvalue weighted by molar-refractivity contribution is 9.10. The Balaban J connectivity index is 2.40. The first-order valence-corrected chi connectivity index (χ1v) is 6.00. The van der Waals surface area contributed by atoms with Crippen molar-refractivity contribution < 1.29 is 13.9 Å². The first kappa shape index (κ1) is 11.8. The Bertz CT molecular complexity index is 380. The average molecular weight is 290 g/mol. The van der Waals surface area contributed by atoms with Gasteiger partial charge in [0.1, 0.15) is 0 Å². The molecule has 1 aromatic heterocycles. The summed E-state index contributed by atoms with van der Waals surface area (Å²) in [6.07, 6.45) is 1.96. The van der Waals surface area contributed by atoms with Crippen LogP contribution in [0.1, 0.15) is 18.9 Å². The van der Waals surface area contributed by atoms with Crippen molar-refractivity contribution in [3.8, 4) is 5.88 Å². The SMILES string of the molecule is CCOc1ncc(Br)cc1[C@]1(F)CCOC1. The van der Waals surface area contributed by atoms with Crippen LogP contribution in [0.25, 0.3) is 0 Å². The van der Waals surface area contributed by atoms with E-state index in [1.54, 1.807) is 12.3 Å². The van der Waals surface area contributed by atoms with Crippen LogP contribution in [-0.4, -0.2) is 24.8 Å². The summed E-state index contributed by atoms with van der Waals surface area (Å²) in [6, 6.07) is 1.71. The zero-order valence-corrected chi connectivity index (χ0v) is 10.6. The van der Waals surface area contributed by atoms with Crippen LogP contribution >= 0.6 is 15.9 Å². The van der Waals surface area contributed by atoms with Gasteiger partial charge in [-0.1, -0.05) is 0 Å². The summed E-state index contributed by atoms with van der Waals surface area (Å²) in [5.74, 6) is 0.360. The number of pyridine rings is 1. The molecule has 5 heteroatoms. The number of nitrogens with zero attached hydrogens (tertiary/aromatic N) is 1. The van der Waals surface area contributed by atoms with E-state index in [1.807, 2.05) is 6.92 Å². The van der Waals surface area contributed by atoms with Crippen LogP contribution in [0, 0.1) is 0 Å². The van der Waals surface area contributed by atoms with Crippen LogP contribution in [0.4, 0.5) is 4.39 Å². The molecule has 0 N–H and O–H groups in total. The van der Waals surface area contributed by atoms with Gasteiger partial charge in [-0.15, -0.1) is 0 Å². The van der Waals surface area contributed by atoms with Gasteiger partial charge in [0.15, 0.2) is 5.67 Å². The van der Waals surface area contributed by atoms with Crippen molar-refractivity contribution >= 4 is 15.9 Å². The molecule has 1 atom stereocenters. The molecule has 1 saturated heterocycles. The van der Waals surface area contributed by atoms with Gasteiger partial charge in [0, 0.05) is 17.1 Å². The van der Waals surface area contributed by atoms with Crippen LogP contribution in [0.5, 0.6) is 5.88 Å². The minimum Gasteiger partial charge on any atom is -0.478 e. The first-order valence-electron chi connectivity index (χ1n) is 5.21. The summed E-state index contributed by atoms with van der Waals surface area (Å²) in [4.78, 5) is 4.09. The number of halogens is 2. The van der Waals surface area contributed by atoms with Crippen molar-refractivity contribution in [2.45, 2.75) is 19.0 Å². The molecule has 1 aromatic rings. The molecule has 2 heterocycles. The van der Waals surface area contributed by atoms with Crippen LogP contribution in [-0.2, 0) is 10.4 Å². The minimum atomic E-state index is -1.47. The van der Waals surface area contributed by atoms with Gasteiger partial charge >= 0.3 is 0 Å². The Morgan fingerprint density at radius 2 is 2.50 bits per heavy atom. The van der Waals surface area contributed by atoms with Gasteiger partial charge in [-0.25, -0.2) is 9.37 Å². The molecule has 0 bridgehead atoms. The molecule has 0 radical (unpaired) electrons. The molecular weight excluding hydrogens is 277 g/mol. The Hall–Kier alpha value is -0.680. The molecule has 0 spiro atoms. The quantitative estimate of drug-likeness (QED) is 0.857. The van der Waals surface area contributed by atoms with E-state index in [9.17, 15) is 4.39 Å². The highest BCUT2D eigenvalue weighted by Gasteiger charge is 2.40. The smallest absolute Gasteiger partial charge is 0.219 e. The van der Waals surface area contributed by atoms with E-state index in [0.717, 1.165) is 4.47 Å². The third-order valence-electron chi connectivity index (χ3n) is 2.56. The zero-order chi connectivity index (χ0) is 11.6. The average Bonchev–Trinajstić information content (AvgIpc) is 2.69. The number of hydrogen-bond acceptors (Lipinski definition) is 3. The van der Waals surface area contributed by atoms with Crippen molar-refractivity contribution in [3.05, 3.63) is 22.3 Å². The van der Waals surface area contributed by atoms with Gasteiger partial charge in [0.05, 0.1) is 25.4 Å². The highest BCUT2D eigenvalue weighted by atomic mass is 79.9. The van der Waals surface area contributed by atoms with Crippen molar-refractivity contribution in [3.63, 3.8) is 0 Å². The molecule has 0 saturated carbocycles. The minimum absolute atomic E-state index is 0.0746. The Kier molecular flexibility index (Phi) is 3.44. The molecule has 0 aromatic carbocycles. The molecule has 0 aliphatic carbocycles. The van der Waals surface area contributed by atoms with E-state index in [2.05, 4.69) is 20.9 Å². The van der Waals surface area contributed by atoms with Crippen LogP contribution in [0.15, 0.2) is 16.7 Å². The monoisotopic (exact) mass is 289 g/mol. The molecule has 0 amide bonds. The van der Waals surface area contributed by atoms with E-state index >= 15 is 0 Å². The number of rotatable bonds is 3. The Labute approximate surface area is 102 Å². The number of aromatic nitrogens is 1. The van der Waals surface area contributed by atoms with E-state index in [0.29, 0.717) is 31.1 Å². The summed E-state index contributed by atoms with van der Waals surface area (Å²) in [7, 11) is 0. The second-order valence-electron chi connectivity index (χ2n) is 3.71. The molecule has 88 valence electrons. The van der Waals surface area contributed by atoms with Gasteiger partial charge < -0.3 is 9.47 Å². The van der Waals surface area contributed by atoms with Gasteiger partial charge in [-0.3, -0.25) is 0 Å². The maximum Gasteiger partial charge on any atom is 0.219 e. The normalized spacial score (nSPS) is 24.7. The van der Waals surface area contributed by atoms with Gasteiger partial charge in [0.2, 0.25) is 5.88 Å². The van der Waals surface area contributed by atoms with E-state index < -0.39 is 5.67 Å². The molecule has 1 fully saturated rings. The summed E-state index contributed by atoms with van der Waals surface area (Å²) >= 11 is 3.29. The third kappa shape index (κ3) is 2.20. The van der Waals surface area contributed by atoms with Crippen molar-refractivity contribution in [2.75, 3.05) is 19.8 Å². The van der Waals surface area contributed by atoms with Gasteiger partial charge in [-0.2, -0.15) is 0 Å². The molecule has 2 rings (SSSR count). The number of alkyl halides is 1. The largest absolute Gasteiger partial charge is 0.478 e. The summed E-state index contributed by atoms with van der Waals surface area (Å²) in [5, 5.41) is 0. The number of ether oxygens (including phenoxy) is 2. The molecule has 1 aliphatic heterocycles. The lowest BCUT2D eigenvalue weighted by atomic mass is 9.96. The van der Waals surface area contributed by atoms with Crippen molar-refractivity contribution in [2.24, 2.45) is 0 Å². The maximum absolute atomic E-state index is 14.5. The lowest BCUT2D eigenvalue weighted by Crippen LogP contribution is -2.21. The lowest BCUT2D eigenvalue weighted by Gasteiger charge is -2.20. The summed E-state index contributed by atoms with van der Waals surface area (Å²) < 4.78 is 25.7. The molecule has 0 unspecified atom stereocenters. The second-order valence-corrected chi connectivity index (χ2v) is 4.62. The second kappa shape index (κ2) is 4.67. The van der Waals surface area contributed by atoms with Gasteiger partial charge in [-0.05, 0) is 28.9 Å². The van der Waals surface area contributed by atoms with Crippen LogP contribution in [0.3, 0.4) is 0 Å². The first-order chi connectivity index (χ1) is 7.65. The van der Waals surface area contributed by atoms with E-state index in [4.69, 9.17) is 9.47 Å². The fourth-order valence-corrected chi connectivity index (χ4v) is 2.08. The van der Waals surface area contributed by atoms with Gasteiger partial charge in [0.25, 0.3) is 0 Å². The van der Waals surface area contributed by atoms with E-state index in [1.165, 1.54) is 0 Å². The molecule has 3 nitrogen and oxygen atoms in total. The predicted molar refractivity (Wildman–Crippen MR) is 61.3 cm³/mol. The zero-order valence-electron chi connectivity index (χ0n) is 9.00. The number of hydrogen-bond donors (Lipinski definition) is 0.